The minimum atomic E-state index is -0.544. The molecule has 0 aliphatic carbocycles. The van der Waals surface area contributed by atoms with Crippen LogP contribution in [0.15, 0.2) is 53.3 Å². The van der Waals surface area contributed by atoms with Gasteiger partial charge in [-0.1, -0.05) is 35.4 Å². The van der Waals surface area contributed by atoms with E-state index in [0.29, 0.717) is 34.4 Å². The maximum Gasteiger partial charge on any atom is 0.288 e. The van der Waals surface area contributed by atoms with Gasteiger partial charge in [-0.2, -0.15) is 9.78 Å². The first-order valence-corrected chi connectivity index (χ1v) is 9.16. The molecule has 0 radical (unpaired) electrons. The van der Waals surface area contributed by atoms with E-state index in [0.717, 1.165) is 11.1 Å². The molecule has 1 atom stereocenters. The van der Waals surface area contributed by atoms with Gasteiger partial charge in [-0.3, -0.25) is 4.79 Å². The fraction of sp³-hybridized carbons (Fsp3) is 0.150. The molecule has 0 unspecified atom stereocenters. The highest BCUT2D eigenvalue weighted by molar-refractivity contribution is 5.76. The van der Waals surface area contributed by atoms with Gasteiger partial charge in [0, 0.05) is 22.8 Å². The van der Waals surface area contributed by atoms with E-state index < -0.39 is 6.04 Å². The number of ether oxygens (including phenoxy) is 2. The molecule has 2 N–H and O–H groups in total. The van der Waals surface area contributed by atoms with Gasteiger partial charge in [-0.05, 0) is 22.6 Å². The van der Waals surface area contributed by atoms with Crippen LogP contribution in [-0.4, -0.2) is 44.6 Å². The summed E-state index contributed by atoms with van der Waals surface area (Å²) in [7, 11) is 3.17. The van der Waals surface area contributed by atoms with Crippen molar-refractivity contribution in [3.8, 4) is 22.8 Å². The van der Waals surface area contributed by atoms with Gasteiger partial charge in [-0.25, -0.2) is 5.10 Å². The Bertz CT molecular complexity index is 1280. The quantitative estimate of drug-likeness (QED) is 0.468. The SMILES string of the molecule is COc1ccc([C@H]2c3c(-c4ccccc4)n[nH]c(=O)c3Nc3nnnn32)c(OC)c1. The van der Waals surface area contributed by atoms with Crippen molar-refractivity contribution in [1.82, 2.24) is 30.4 Å². The molecule has 10 heteroatoms. The highest BCUT2D eigenvalue weighted by Gasteiger charge is 2.35. The fourth-order valence-corrected chi connectivity index (χ4v) is 3.69. The second-order valence-corrected chi connectivity index (χ2v) is 6.64. The van der Waals surface area contributed by atoms with Gasteiger partial charge in [0.15, 0.2) is 0 Å². The third kappa shape index (κ3) is 2.69. The van der Waals surface area contributed by atoms with Gasteiger partial charge in [0.25, 0.3) is 5.56 Å². The zero-order valence-corrected chi connectivity index (χ0v) is 16.2. The molecule has 5 rings (SSSR count). The number of nitrogens with zero attached hydrogens (tertiary/aromatic N) is 5. The van der Waals surface area contributed by atoms with Crippen molar-refractivity contribution in [2.75, 3.05) is 19.5 Å². The average molecular weight is 403 g/mol. The summed E-state index contributed by atoms with van der Waals surface area (Å²) in [6, 6.07) is 14.5. The summed E-state index contributed by atoms with van der Waals surface area (Å²) in [5, 5.41) is 21.9. The Labute approximate surface area is 170 Å². The number of fused-ring (bicyclic) bond motifs is 2. The lowest BCUT2D eigenvalue weighted by Gasteiger charge is -2.28. The summed E-state index contributed by atoms with van der Waals surface area (Å²) in [6.07, 6.45) is 0. The molecule has 0 fully saturated rings. The maximum absolute atomic E-state index is 12.7. The summed E-state index contributed by atoms with van der Waals surface area (Å²) < 4.78 is 12.6. The lowest BCUT2D eigenvalue weighted by molar-refractivity contribution is 0.386. The minimum Gasteiger partial charge on any atom is -0.497 e. The molecule has 3 heterocycles. The van der Waals surface area contributed by atoms with Crippen molar-refractivity contribution in [3.63, 3.8) is 0 Å². The molecule has 0 saturated carbocycles. The van der Waals surface area contributed by atoms with E-state index in [2.05, 4.69) is 31.0 Å². The summed E-state index contributed by atoms with van der Waals surface area (Å²) >= 11 is 0. The first-order chi connectivity index (χ1) is 14.7. The molecule has 4 aromatic rings. The number of aromatic nitrogens is 6. The number of tetrazole rings is 1. The van der Waals surface area contributed by atoms with Gasteiger partial charge in [0.05, 0.1) is 19.9 Å². The van der Waals surface area contributed by atoms with Crippen molar-refractivity contribution < 1.29 is 9.47 Å². The Kier molecular flexibility index (Phi) is 4.16. The Morgan fingerprint density at radius 2 is 1.90 bits per heavy atom. The molecule has 150 valence electrons. The normalized spacial score (nSPS) is 14.4. The van der Waals surface area contributed by atoms with Crippen LogP contribution in [0.1, 0.15) is 17.2 Å². The van der Waals surface area contributed by atoms with Gasteiger partial charge in [-0.15, -0.1) is 0 Å². The molecule has 2 aromatic heterocycles. The molecule has 1 aliphatic rings. The molecule has 0 amide bonds. The average Bonchev–Trinajstić information content (AvgIpc) is 3.27. The van der Waals surface area contributed by atoms with Crippen LogP contribution in [0.3, 0.4) is 0 Å². The molecule has 0 bridgehead atoms. The predicted molar refractivity (Wildman–Crippen MR) is 108 cm³/mol. The van der Waals surface area contributed by atoms with E-state index in [1.807, 2.05) is 42.5 Å². The molecular weight excluding hydrogens is 386 g/mol. The molecule has 2 aromatic carbocycles. The molecule has 0 saturated heterocycles. The van der Waals surface area contributed by atoms with Crippen LogP contribution in [0.4, 0.5) is 11.6 Å². The van der Waals surface area contributed by atoms with Crippen LogP contribution in [0, 0.1) is 0 Å². The Morgan fingerprint density at radius 1 is 1.07 bits per heavy atom. The number of anilines is 2. The number of rotatable bonds is 4. The summed E-state index contributed by atoms with van der Waals surface area (Å²) in [4.78, 5) is 12.7. The molecule has 1 aliphatic heterocycles. The Balaban J connectivity index is 1.83. The Morgan fingerprint density at radius 3 is 2.67 bits per heavy atom. The third-order valence-electron chi connectivity index (χ3n) is 5.05. The zero-order chi connectivity index (χ0) is 20.7. The Hall–Kier alpha value is -4.21. The van der Waals surface area contributed by atoms with Crippen molar-refractivity contribution in [3.05, 3.63) is 70.0 Å². The van der Waals surface area contributed by atoms with E-state index >= 15 is 0 Å². The predicted octanol–water partition coefficient (Wildman–Crippen LogP) is 2.14. The van der Waals surface area contributed by atoms with Crippen LogP contribution >= 0.6 is 0 Å². The van der Waals surface area contributed by atoms with E-state index in [1.54, 1.807) is 25.0 Å². The number of methoxy groups -OCH3 is 2. The summed E-state index contributed by atoms with van der Waals surface area (Å²) in [5.41, 5.74) is 2.85. The minimum absolute atomic E-state index is 0.342. The van der Waals surface area contributed by atoms with Crippen molar-refractivity contribution in [1.29, 1.82) is 0 Å². The smallest absolute Gasteiger partial charge is 0.288 e. The molecule has 30 heavy (non-hydrogen) atoms. The number of aromatic amines is 1. The standard InChI is InChI=1S/C20H17N7O3/c1-29-12-8-9-13(14(10-12)30-2)18-15-16(11-6-4-3-5-7-11)22-23-19(28)17(15)21-20-24-25-26-27(18)20/h3-10,18H,1-2H3,(H,23,28)(H,21,24,26)/t18-/m0/s1. The third-order valence-corrected chi connectivity index (χ3v) is 5.05. The lowest BCUT2D eigenvalue weighted by atomic mass is 9.92. The molecule has 10 nitrogen and oxygen atoms in total. The van der Waals surface area contributed by atoms with E-state index in [4.69, 9.17) is 9.47 Å². The largest absolute Gasteiger partial charge is 0.497 e. The van der Waals surface area contributed by atoms with Gasteiger partial charge in [0.1, 0.15) is 23.2 Å². The summed E-state index contributed by atoms with van der Waals surface area (Å²) in [5.74, 6) is 1.57. The topological polar surface area (TPSA) is 120 Å². The van der Waals surface area contributed by atoms with Gasteiger partial charge in [0.2, 0.25) is 5.95 Å². The molecule has 0 spiro atoms. The van der Waals surface area contributed by atoms with Crippen LogP contribution in [0.25, 0.3) is 11.3 Å². The van der Waals surface area contributed by atoms with Crippen molar-refractivity contribution in [2.24, 2.45) is 0 Å². The van der Waals surface area contributed by atoms with Gasteiger partial charge < -0.3 is 14.8 Å². The van der Waals surface area contributed by atoms with Crippen molar-refractivity contribution in [2.45, 2.75) is 6.04 Å². The first-order valence-electron chi connectivity index (χ1n) is 9.16. The van der Waals surface area contributed by atoms with Gasteiger partial charge >= 0.3 is 0 Å². The second-order valence-electron chi connectivity index (χ2n) is 6.64. The fourth-order valence-electron chi connectivity index (χ4n) is 3.69. The monoisotopic (exact) mass is 403 g/mol. The maximum atomic E-state index is 12.7. The number of hydrogen-bond acceptors (Lipinski definition) is 8. The van der Waals surface area contributed by atoms with Crippen molar-refractivity contribution >= 4 is 11.6 Å². The van der Waals surface area contributed by atoms with Crippen LogP contribution in [0.2, 0.25) is 0 Å². The second kappa shape index (κ2) is 6.99. The van der Waals surface area contributed by atoms with E-state index in [9.17, 15) is 4.79 Å². The van der Waals surface area contributed by atoms with E-state index in [1.165, 1.54) is 0 Å². The highest BCUT2D eigenvalue weighted by atomic mass is 16.5. The van der Waals surface area contributed by atoms with Crippen LogP contribution in [-0.2, 0) is 0 Å². The zero-order valence-electron chi connectivity index (χ0n) is 16.2. The number of H-pyrrole nitrogens is 1. The number of nitrogens with one attached hydrogen (secondary N) is 2. The number of benzene rings is 2. The summed E-state index contributed by atoms with van der Waals surface area (Å²) in [6.45, 7) is 0. The highest BCUT2D eigenvalue weighted by Crippen LogP contribution is 2.44. The lowest BCUT2D eigenvalue weighted by Crippen LogP contribution is -2.29. The van der Waals surface area contributed by atoms with E-state index in [-0.39, 0.29) is 5.56 Å². The number of hydrogen-bond donors (Lipinski definition) is 2. The van der Waals surface area contributed by atoms with Crippen LogP contribution in [0.5, 0.6) is 11.5 Å². The van der Waals surface area contributed by atoms with Crippen LogP contribution < -0.4 is 20.3 Å². The first kappa shape index (κ1) is 17.9. The molecular formula is C20H17N7O3.